The Labute approximate surface area is 78.4 Å². The fourth-order valence-corrected chi connectivity index (χ4v) is 1.33. The van der Waals surface area contributed by atoms with Gasteiger partial charge in [0.25, 0.3) is 0 Å². The maximum atomic E-state index is 12.2. The van der Waals surface area contributed by atoms with Crippen molar-refractivity contribution in [2.75, 3.05) is 6.26 Å². The Morgan fingerprint density at radius 2 is 2.15 bits per heavy atom. The first-order chi connectivity index (χ1) is 6.04. The van der Waals surface area contributed by atoms with Crippen LogP contribution in [0.15, 0.2) is 18.3 Å². The van der Waals surface area contributed by atoms with E-state index in [0.717, 1.165) is 12.1 Å². The van der Waals surface area contributed by atoms with E-state index >= 15 is 0 Å². The van der Waals surface area contributed by atoms with Gasteiger partial charge in [-0.1, -0.05) is 0 Å². The predicted molar refractivity (Wildman–Crippen MR) is 46.5 cm³/mol. The van der Waals surface area contributed by atoms with Gasteiger partial charge >= 0.3 is 6.18 Å². The molecule has 72 valence electrons. The van der Waals surface area contributed by atoms with Gasteiger partial charge in [-0.05, 0) is 18.4 Å². The van der Waals surface area contributed by atoms with E-state index in [1.165, 1.54) is 18.0 Å². The molecule has 0 amide bonds. The Balaban J connectivity index is 2.92. The SMILES string of the molecule is CSCc1cc(C(F)(F)F)ccn1. The van der Waals surface area contributed by atoms with Gasteiger partial charge in [0.15, 0.2) is 0 Å². The van der Waals surface area contributed by atoms with Crippen LogP contribution in [0.2, 0.25) is 0 Å². The molecule has 0 aromatic carbocycles. The summed E-state index contributed by atoms with van der Waals surface area (Å²) in [6.45, 7) is 0. The van der Waals surface area contributed by atoms with Crippen LogP contribution in [0.5, 0.6) is 0 Å². The Hall–Kier alpha value is -0.710. The van der Waals surface area contributed by atoms with Crippen LogP contribution < -0.4 is 0 Å². The van der Waals surface area contributed by atoms with Crippen molar-refractivity contribution in [3.8, 4) is 0 Å². The molecule has 5 heteroatoms. The second kappa shape index (κ2) is 4.00. The van der Waals surface area contributed by atoms with Gasteiger partial charge < -0.3 is 0 Å². The fraction of sp³-hybridized carbons (Fsp3) is 0.375. The van der Waals surface area contributed by atoms with E-state index < -0.39 is 11.7 Å². The lowest BCUT2D eigenvalue weighted by atomic mass is 10.2. The normalized spacial score (nSPS) is 11.7. The van der Waals surface area contributed by atoms with Crippen molar-refractivity contribution in [2.24, 2.45) is 0 Å². The van der Waals surface area contributed by atoms with Crippen LogP contribution in [-0.4, -0.2) is 11.2 Å². The summed E-state index contributed by atoms with van der Waals surface area (Å²) in [7, 11) is 0. The second-order valence-electron chi connectivity index (χ2n) is 2.47. The van der Waals surface area contributed by atoms with Crippen LogP contribution in [-0.2, 0) is 11.9 Å². The molecule has 1 rings (SSSR count). The molecular formula is C8H8F3NS. The third-order valence-corrected chi connectivity index (χ3v) is 2.02. The van der Waals surface area contributed by atoms with Crippen LogP contribution in [0.4, 0.5) is 13.2 Å². The van der Waals surface area contributed by atoms with Crippen molar-refractivity contribution >= 4 is 11.8 Å². The first kappa shape index (κ1) is 10.4. The highest BCUT2D eigenvalue weighted by atomic mass is 32.2. The number of pyridine rings is 1. The summed E-state index contributed by atoms with van der Waals surface area (Å²) in [6, 6.07) is 2.06. The molecule has 0 aliphatic carbocycles. The third-order valence-electron chi connectivity index (χ3n) is 1.44. The summed E-state index contributed by atoms with van der Waals surface area (Å²) < 4.78 is 36.5. The molecule has 0 aliphatic rings. The molecule has 0 N–H and O–H groups in total. The lowest BCUT2D eigenvalue weighted by Crippen LogP contribution is -2.05. The number of nitrogens with zero attached hydrogens (tertiary/aromatic N) is 1. The van der Waals surface area contributed by atoms with Gasteiger partial charge in [-0.2, -0.15) is 24.9 Å². The molecule has 13 heavy (non-hydrogen) atoms. The molecule has 0 unspecified atom stereocenters. The number of aromatic nitrogens is 1. The summed E-state index contributed by atoms with van der Waals surface area (Å²) in [6.07, 6.45) is -1.26. The van der Waals surface area contributed by atoms with Crippen molar-refractivity contribution in [3.63, 3.8) is 0 Å². The Morgan fingerprint density at radius 3 is 2.69 bits per heavy atom. The molecule has 0 bridgehead atoms. The van der Waals surface area contributed by atoms with Crippen LogP contribution >= 0.6 is 11.8 Å². The van der Waals surface area contributed by atoms with Crippen molar-refractivity contribution in [2.45, 2.75) is 11.9 Å². The molecule has 0 saturated carbocycles. The molecule has 1 heterocycles. The average Bonchev–Trinajstić information content (AvgIpc) is 2.04. The molecule has 1 aromatic heterocycles. The Kier molecular flexibility index (Phi) is 3.19. The van der Waals surface area contributed by atoms with Gasteiger partial charge in [-0.25, -0.2) is 0 Å². The zero-order valence-electron chi connectivity index (χ0n) is 6.93. The summed E-state index contributed by atoms with van der Waals surface area (Å²) in [5, 5.41) is 0. The first-order valence-electron chi connectivity index (χ1n) is 3.55. The van der Waals surface area contributed by atoms with Gasteiger partial charge in [-0.15, -0.1) is 0 Å². The topological polar surface area (TPSA) is 12.9 Å². The molecule has 0 fully saturated rings. The highest BCUT2D eigenvalue weighted by Gasteiger charge is 2.30. The van der Waals surface area contributed by atoms with Gasteiger partial charge in [-0.3, -0.25) is 4.98 Å². The minimum atomic E-state index is -4.27. The van der Waals surface area contributed by atoms with E-state index in [0.29, 0.717) is 11.4 Å². The summed E-state index contributed by atoms with van der Waals surface area (Å²) in [5.41, 5.74) is -0.172. The van der Waals surface area contributed by atoms with Gasteiger partial charge in [0.2, 0.25) is 0 Å². The third kappa shape index (κ3) is 2.91. The highest BCUT2D eigenvalue weighted by Crippen LogP contribution is 2.29. The van der Waals surface area contributed by atoms with Crippen LogP contribution in [0.25, 0.3) is 0 Å². The molecule has 0 radical (unpaired) electrons. The smallest absolute Gasteiger partial charge is 0.260 e. The van der Waals surface area contributed by atoms with Gasteiger partial charge in [0.05, 0.1) is 11.3 Å². The molecular weight excluding hydrogens is 199 g/mol. The number of halogens is 3. The number of hydrogen-bond acceptors (Lipinski definition) is 2. The molecule has 0 spiro atoms. The van der Waals surface area contributed by atoms with E-state index in [4.69, 9.17) is 0 Å². The minimum absolute atomic E-state index is 0.460. The highest BCUT2D eigenvalue weighted by molar-refractivity contribution is 7.97. The van der Waals surface area contributed by atoms with Gasteiger partial charge in [0.1, 0.15) is 0 Å². The van der Waals surface area contributed by atoms with Crippen molar-refractivity contribution in [1.29, 1.82) is 0 Å². The van der Waals surface area contributed by atoms with Crippen molar-refractivity contribution in [1.82, 2.24) is 4.98 Å². The van der Waals surface area contributed by atoms with Crippen molar-refractivity contribution < 1.29 is 13.2 Å². The molecule has 1 nitrogen and oxygen atoms in total. The number of thioether (sulfide) groups is 1. The number of rotatable bonds is 2. The maximum absolute atomic E-state index is 12.2. The second-order valence-corrected chi connectivity index (χ2v) is 3.33. The Bertz CT molecular complexity index is 285. The summed E-state index contributed by atoms with van der Waals surface area (Å²) in [5.74, 6) is 0.504. The predicted octanol–water partition coefficient (Wildman–Crippen LogP) is 2.96. The van der Waals surface area contributed by atoms with E-state index in [9.17, 15) is 13.2 Å². The molecule has 0 saturated heterocycles. The Morgan fingerprint density at radius 1 is 1.46 bits per heavy atom. The minimum Gasteiger partial charge on any atom is -0.260 e. The van der Waals surface area contributed by atoms with Crippen molar-refractivity contribution in [3.05, 3.63) is 29.6 Å². The standard InChI is InChI=1S/C8H8F3NS/c1-13-5-7-4-6(2-3-12-7)8(9,10)11/h2-4H,5H2,1H3. The summed E-state index contributed by atoms with van der Waals surface area (Å²) >= 11 is 1.44. The zero-order valence-corrected chi connectivity index (χ0v) is 7.75. The van der Waals surface area contributed by atoms with Crippen LogP contribution in [0, 0.1) is 0 Å². The quantitative estimate of drug-likeness (QED) is 0.739. The van der Waals surface area contributed by atoms with E-state index in [1.54, 1.807) is 0 Å². The lowest BCUT2D eigenvalue weighted by molar-refractivity contribution is -0.137. The maximum Gasteiger partial charge on any atom is 0.416 e. The van der Waals surface area contributed by atoms with Gasteiger partial charge in [0, 0.05) is 11.9 Å². The van der Waals surface area contributed by atoms with E-state index in [2.05, 4.69) is 4.98 Å². The largest absolute Gasteiger partial charge is 0.416 e. The first-order valence-corrected chi connectivity index (χ1v) is 4.94. The summed E-state index contributed by atoms with van der Waals surface area (Å²) in [4.78, 5) is 3.82. The molecule has 1 aromatic rings. The van der Waals surface area contributed by atoms with E-state index in [1.807, 2.05) is 6.26 Å². The lowest BCUT2D eigenvalue weighted by Gasteiger charge is -2.06. The average molecular weight is 207 g/mol. The zero-order chi connectivity index (χ0) is 9.90. The van der Waals surface area contributed by atoms with Crippen LogP contribution in [0.3, 0.4) is 0 Å². The number of alkyl halides is 3. The number of hydrogen-bond donors (Lipinski definition) is 0. The van der Waals surface area contributed by atoms with Crippen LogP contribution in [0.1, 0.15) is 11.3 Å². The molecule has 0 atom stereocenters. The van der Waals surface area contributed by atoms with E-state index in [-0.39, 0.29) is 0 Å². The fourth-order valence-electron chi connectivity index (χ4n) is 0.881. The molecule has 0 aliphatic heterocycles. The monoisotopic (exact) mass is 207 g/mol.